The van der Waals surface area contributed by atoms with Gasteiger partial charge in [0.25, 0.3) is 0 Å². The number of benzene rings is 2. The van der Waals surface area contributed by atoms with Crippen molar-refractivity contribution in [2.24, 2.45) is 5.10 Å². The third-order valence-corrected chi connectivity index (χ3v) is 4.61. The fourth-order valence-corrected chi connectivity index (χ4v) is 3.08. The summed E-state index contributed by atoms with van der Waals surface area (Å²) in [5.41, 5.74) is 3.97. The second-order valence-electron chi connectivity index (χ2n) is 6.24. The molecule has 0 aliphatic heterocycles. The van der Waals surface area contributed by atoms with Crippen LogP contribution >= 0.6 is 11.6 Å². The van der Waals surface area contributed by atoms with E-state index in [1.807, 2.05) is 18.2 Å². The molecular weight excluding hydrogens is 408 g/mol. The van der Waals surface area contributed by atoms with Crippen LogP contribution in [0.15, 0.2) is 74.6 Å². The van der Waals surface area contributed by atoms with Gasteiger partial charge >= 0.3 is 11.9 Å². The van der Waals surface area contributed by atoms with Gasteiger partial charge in [0.05, 0.1) is 23.9 Å². The molecule has 0 aliphatic carbocycles. The van der Waals surface area contributed by atoms with Crippen LogP contribution in [-0.4, -0.2) is 25.2 Å². The average Bonchev–Trinajstić information content (AvgIpc) is 3.40. The van der Waals surface area contributed by atoms with E-state index in [2.05, 4.69) is 15.3 Å². The quantitative estimate of drug-likeness (QED) is 0.280. The summed E-state index contributed by atoms with van der Waals surface area (Å²) in [5, 5.41) is 4.98. The summed E-state index contributed by atoms with van der Waals surface area (Å²) in [7, 11) is 1.29. The molecule has 8 heteroatoms. The third-order valence-electron chi connectivity index (χ3n) is 4.29. The molecule has 0 saturated carbocycles. The Labute approximate surface area is 175 Å². The maximum Gasteiger partial charge on any atom is 0.339 e. The lowest BCUT2D eigenvalue weighted by atomic mass is 10.1. The smallest absolute Gasteiger partial charge is 0.339 e. The molecule has 150 valence electrons. The zero-order valence-corrected chi connectivity index (χ0v) is 16.5. The summed E-state index contributed by atoms with van der Waals surface area (Å²) < 4.78 is 15.8. The predicted octanol–water partition coefficient (Wildman–Crippen LogP) is 4.90. The highest BCUT2D eigenvalue weighted by atomic mass is 35.5. The van der Waals surface area contributed by atoms with Crippen LogP contribution in [0, 0.1) is 0 Å². The SMILES string of the molecule is COC(=O)c1ccc(-c2ccc(/C=N/NC(=O)c3cc4ccccc4o3)o2)cc1Cl. The second kappa shape index (κ2) is 8.26. The number of fused-ring (bicyclic) bond motifs is 1. The van der Waals surface area contributed by atoms with Gasteiger partial charge in [-0.2, -0.15) is 5.10 Å². The van der Waals surface area contributed by atoms with Gasteiger partial charge in [-0.25, -0.2) is 10.2 Å². The fraction of sp³-hybridized carbons (Fsp3) is 0.0455. The molecule has 30 heavy (non-hydrogen) atoms. The lowest BCUT2D eigenvalue weighted by Crippen LogP contribution is -2.16. The molecule has 1 amide bonds. The fourth-order valence-electron chi connectivity index (χ4n) is 2.82. The zero-order chi connectivity index (χ0) is 21.1. The number of furan rings is 2. The Morgan fingerprint density at radius 1 is 1.07 bits per heavy atom. The molecule has 2 aromatic heterocycles. The van der Waals surface area contributed by atoms with Crippen LogP contribution < -0.4 is 5.43 Å². The summed E-state index contributed by atoms with van der Waals surface area (Å²) in [6.07, 6.45) is 1.37. The average molecular weight is 423 g/mol. The van der Waals surface area contributed by atoms with Crippen LogP contribution in [0.5, 0.6) is 0 Å². The van der Waals surface area contributed by atoms with Gasteiger partial charge < -0.3 is 13.6 Å². The topological polar surface area (TPSA) is 94.0 Å². The van der Waals surface area contributed by atoms with E-state index >= 15 is 0 Å². The van der Waals surface area contributed by atoms with Gasteiger partial charge in [-0.1, -0.05) is 35.9 Å². The molecule has 1 N–H and O–H groups in total. The van der Waals surface area contributed by atoms with Gasteiger partial charge in [-0.15, -0.1) is 0 Å². The number of rotatable bonds is 5. The molecule has 2 aromatic carbocycles. The van der Waals surface area contributed by atoms with Crippen molar-refractivity contribution in [1.82, 2.24) is 5.43 Å². The van der Waals surface area contributed by atoms with Gasteiger partial charge in [-0.05, 0) is 36.4 Å². The molecule has 0 spiro atoms. The molecule has 0 radical (unpaired) electrons. The van der Waals surface area contributed by atoms with Gasteiger partial charge in [0.1, 0.15) is 17.1 Å². The van der Waals surface area contributed by atoms with E-state index in [9.17, 15) is 9.59 Å². The summed E-state index contributed by atoms with van der Waals surface area (Å²) in [5.74, 6) is 0.119. The van der Waals surface area contributed by atoms with Gasteiger partial charge in [0, 0.05) is 10.9 Å². The molecule has 4 rings (SSSR count). The van der Waals surface area contributed by atoms with Crippen LogP contribution in [0.4, 0.5) is 0 Å². The molecule has 0 bridgehead atoms. The summed E-state index contributed by atoms with van der Waals surface area (Å²) in [6, 6.07) is 17.3. The van der Waals surface area contributed by atoms with E-state index in [-0.39, 0.29) is 16.3 Å². The first-order valence-corrected chi connectivity index (χ1v) is 9.23. The molecule has 4 aromatic rings. The highest BCUT2D eigenvalue weighted by Crippen LogP contribution is 2.27. The third kappa shape index (κ3) is 3.97. The number of carbonyl (C=O) groups is 2. The number of nitrogens with one attached hydrogen (secondary N) is 1. The van der Waals surface area contributed by atoms with Crippen molar-refractivity contribution in [1.29, 1.82) is 0 Å². The Balaban J connectivity index is 1.44. The van der Waals surface area contributed by atoms with Crippen molar-refractivity contribution in [3.63, 3.8) is 0 Å². The Morgan fingerprint density at radius 2 is 1.90 bits per heavy atom. The Bertz CT molecular complexity index is 1240. The van der Waals surface area contributed by atoms with Crippen LogP contribution in [0.2, 0.25) is 5.02 Å². The lowest BCUT2D eigenvalue weighted by molar-refractivity contribution is 0.0600. The summed E-state index contributed by atoms with van der Waals surface area (Å²) >= 11 is 6.14. The number of carbonyl (C=O) groups excluding carboxylic acids is 2. The van der Waals surface area contributed by atoms with Crippen LogP contribution in [0.1, 0.15) is 26.7 Å². The molecule has 0 unspecified atom stereocenters. The van der Waals surface area contributed by atoms with E-state index in [1.165, 1.54) is 13.3 Å². The van der Waals surface area contributed by atoms with Gasteiger partial charge in [-0.3, -0.25) is 4.79 Å². The van der Waals surface area contributed by atoms with E-state index in [4.69, 9.17) is 20.4 Å². The minimum Gasteiger partial charge on any atom is -0.465 e. The Hall–Kier alpha value is -3.84. The minimum atomic E-state index is -0.515. The first kappa shape index (κ1) is 19.5. The minimum absolute atomic E-state index is 0.161. The standard InChI is InChI=1S/C22H15ClN2O5/c1-28-22(27)16-8-6-14(10-17(16)23)19-9-7-15(29-19)12-24-25-21(26)20-11-13-4-2-3-5-18(13)30-20/h2-12H,1H3,(H,25,26)/b24-12+. The first-order valence-electron chi connectivity index (χ1n) is 8.85. The van der Waals surface area contributed by atoms with Crippen LogP contribution in [0.3, 0.4) is 0 Å². The molecule has 0 fully saturated rings. The second-order valence-corrected chi connectivity index (χ2v) is 6.64. The summed E-state index contributed by atoms with van der Waals surface area (Å²) in [4.78, 5) is 23.8. The number of esters is 1. The van der Waals surface area contributed by atoms with Gasteiger partial charge in [0.15, 0.2) is 5.76 Å². The van der Waals surface area contributed by atoms with Crippen LogP contribution in [0.25, 0.3) is 22.3 Å². The molecule has 0 atom stereocenters. The number of nitrogens with zero attached hydrogens (tertiary/aromatic N) is 1. The monoisotopic (exact) mass is 422 g/mol. The van der Waals surface area contributed by atoms with Crippen molar-refractivity contribution < 1.29 is 23.2 Å². The Kier molecular flexibility index (Phi) is 5.36. The zero-order valence-electron chi connectivity index (χ0n) is 15.7. The van der Waals surface area contributed by atoms with Gasteiger partial charge in [0.2, 0.25) is 0 Å². The predicted molar refractivity (Wildman–Crippen MR) is 112 cm³/mol. The molecule has 0 saturated heterocycles. The van der Waals surface area contributed by atoms with E-state index < -0.39 is 11.9 Å². The highest BCUT2D eigenvalue weighted by Gasteiger charge is 2.13. The van der Waals surface area contributed by atoms with Crippen molar-refractivity contribution >= 4 is 40.7 Å². The number of hydrogen-bond donors (Lipinski definition) is 1. The number of ether oxygens (including phenoxy) is 1. The van der Waals surface area contributed by atoms with Crippen LogP contribution in [-0.2, 0) is 4.74 Å². The first-order chi connectivity index (χ1) is 14.5. The van der Waals surface area contributed by atoms with Crippen molar-refractivity contribution in [3.8, 4) is 11.3 Å². The van der Waals surface area contributed by atoms with E-state index in [0.29, 0.717) is 22.7 Å². The van der Waals surface area contributed by atoms with E-state index in [1.54, 1.807) is 42.5 Å². The lowest BCUT2D eigenvalue weighted by Gasteiger charge is -2.04. The number of methoxy groups -OCH3 is 1. The maximum atomic E-state index is 12.2. The number of para-hydroxylation sites is 1. The number of hydrazone groups is 1. The maximum absolute atomic E-state index is 12.2. The van der Waals surface area contributed by atoms with Crippen molar-refractivity contribution in [2.75, 3.05) is 7.11 Å². The number of halogens is 1. The molecule has 0 aliphatic rings. The Morgan fingerprint density at radius 3 is 2.67 bits per heavy atom. The van der Waals surface area contributed by atoms with E-state index in [0.717, 1.165) is 5.39 Å². The number of hydrogen-bond acceptors (Lipinski definition) is 6. The van der Waals surface area contributed by atoms with Crippen molar-refractivity contribution in [2.45, 2.75) is 0 Å². The molecule has 2 heterocycles. The summed E-state index contributed by atoms with van der Waals surface area (Å²) in [6.45, 7) is 0. The molecule has 7 nitrogen and oxygen atoms in total. The van der Waals surface area contributed by atoms with Crippen molar-refractivity contribution in [3.05, 3.63) is 82.8 Å². The normalized spacial score (nSPS) is 11.1. The number of amides is 1. The molecular formula is C22H15ClN2O5. The highest BCUT2D eigenvalue weighted by molar-refractivity contribution is 6.33. The largest absolute Gasteiger partial charge is 0.465 e.